The zero-order valence-corrected chi connectivity index (χ0v) is 20.8. The molecule has 2 amide bonds. The number of halogens is 2. The Kier molecular flexibility index (Phi) is 7.25. The van der Waals surface area contributed by atoms with Gasteiger partial charge in [-0.2, -0.15) is 0 Å². The molecule has 8 nitrogen and oxygen atoms in total. The number of rotatable bonds is 5. The van der Waals surface area contributed by atoms with Gasteiger partial charge in [-0.3, -0.25) is 9.59 Å². The van der Waals surface area contributed by atoms with E-state index in [1.54, 1.807) is 18.7 Å². The van der Waals surface area contributed by atoms with Gasteiger partial charge >= 0.3 is 0 Å². The van der Waals surface area contributed by atoms with Gasteiger partial charge in [-0.15, -0.1) is 0 Å². The summed E-state index contributed by atoms with van der Waals surface area (Å²) in [6, 6.07) is 4.05. The number of carbonyl (C=O) groups is 2. The molecule has 0 saturated heterocycles. The standard InChI is InChI=1S/C25H29ClFN5O3/c1-13-23(26)14(2)30-24(29-13)20-11-32(12-21(20)28)25(34)19-9-4-16(27)10-22(19)35-18-7-5-17(6-8-18)31-15(3)33/h4,9-10,17-18H,5-8,11-12,28H2,1-3H3,(H,31,33). The molecule has 0 bridgehead atoms. The summed E-state index contributed by atoms with van der Waals surface area (Å²) < 4.78 is 20.2. The van der Waals surface area contributed by atoms with E-state index in [2.05, 4.69) is 15.3 Å². The van der Waals surface area contributed by atoms with Crippen molar-refractivity contribution in [3.05, 3.63) is 57.5 Å². The number of amides is 2. The molecule has 0 unspecified atom stereocenters. The number of nitrogens with zero attached hydrogens (tertiary/aromatic N) is 3. The average molecular weight is 502 g/mol. The molecule has 1 fully saturated rings. The third-order valence-electron chi connectivity index (χ3n) is 6.39. The molecule has 1 aliphatic carbocycles. The number of ether oxygens (including phenoxy) is 1. The normalized spacial score (nSPS) is 20.2. The Morgan fingerprint density at radius 1 is 1.14 bits per heavy atom. The summed E-state index contributed by atoms with van der Waals surface area (Å²) in [5, 5.41) is 3.42. The number of benzene rings is 1. The fourth-order valence-electron chi connectivity index (χ4n) is 4.58. The Morgan fingerprint density at radius 3 is 2.43 bits per heavy atom. The lowest BCUT2D eigenvalue weighted by molar-refractivity contribution is -0.120. The van der Waals surface area contributed by atoms with E-state index in [0.717, 1.165) is 12.8 Å². The summed E-state index contributed by atoms with van der Waals surface area (Å²) in [7, 11) is 0. The van der Waals surface area contributed by atoms with Crippen molar-refractivity contribution in [2.24, 2.45) is 5.73 Å². The molecule has 1 aromatic heterocycles. The lowest BCUT2D eigenvalue weighted by atomic mass is 9.93. The summed E-state index contributed by atoms with van der Waals surface area (Å²) in [5.41, 5.74) is 8.99. The predicted molar refractivity (Wildman–Crippen MR) is 130 cm³/mol. The first-order chi connectivity index (χ1) is 16.6. The predicted octanol–water partition coefficient (Wildman–Crippen LogP) is 3.54. The fourth-order valence-corrected chi connectivity index (χ4v) is 4.66. The highest BCUT2D eigenvalue weighted by Gasteiger charge is 2.31. The van der Waals surface area contributed by atoms with Crippen molar-refractivity contribution in [1.29, 1.82) is 0 Å². The number of hydrogen-bond donors (Lipinski definition) is 2. The van der Waals surface area contributed by atoms with Crippen LogP contribution in [0.15, 0.2) is 23.9 Å². The van der Waals surface area contributed by atoms with Crippen LogP contribution in [0, 0.1) is 19.7 Å². The Hall–Kier alpha value is -3.20. The number of carbonyl (C=O) groups excluding carboxylic acids is 2. The molecular formula is C25H29ClFN5O3. The molecule has 0 atom stereocenters. The van der Waals surface area contributed by atoms with Crippen LogP contribution in [0.5, 0.6) is 5.75 Å². The van der Waals surface area contributed by atoms with Gasteiger partial charge in [0.1, 0.15) is 11.6 Å². The van der Waals surface area contributed by atoms with Crippen LogP contribution in [0.4, 0.5) is 4.39 Å². The first-order valence-corrected chi connectivity index (χ1v) is 12.0. The quantitative estimate of drug-likeness (QED) is 0.648. The molecule has 35 heavy (non-hydrogen) atoms. The zero-order valence-electron chi connectivity index (χ0n) is 20.0. The molecule has 2 aromatic rings. The number of nitrogens with one attached hydrogen (secondary N) is 1. The van der Waals surface area contributed by atoms with Crippen LogP contribution in [-0.2, 0) is 4.79 Å². The maximum absolute atomic E-state index is 14.1. The molecule has 2 aliphatic rings. The van der Waals surface area contributed by atoms with E-state index in [1.165, 1.54) is 25.1 Å². The summed E-state index contributed by atoms with van der Waals surface area (Å²) in [6.45, 7) is 5.52. The first kappa shape index (κ1) is 24.9. The Bertz CT molecular complexity index is 1170. The topological polar surface area (TPSA) is 110 Å². The lowest BCUT2D eigenvalue weighted by Crippen LogP contribution is -2.38. The van der Waals surface area contributed by atoms with E-state index in [1.807, 2.05) is 0 Å². The van der Waals surface area contributed by atoms with Crippen LogP contribution >= 0.6 is 11.6 Å². The van der Waals surface area contributed by atoms with Crippen LogP contribution < -0.4 is 15.8 Å². The third-order valence-corrected chi connectivity index (χ3v) is 6.93. The summed E-state index contributed by atoms with van der Waals surface area (Å²) >= 11 is 6.19. The fraction of sp³-hybridized carbons (Fsp3) is 0.440. The Labute approximate surface area is 208 Å². The molecule has 1 saturated carbocycles. The number of aryl methyl sites for hydroxylation is 2. The second-order valence-electron chi connectivity index (χ2n) is 9.13. The van der Waals surface area contributed by atoms with E-state index < -0.39 is 5.82 Å². The largest absolute Gasteiger partial charge is 0.489 e. The Balaban J connectivity index is 1.48. The van der Waals surface area contributed by atoms with Crippen LogP contribution in [0.3, 0.4) is 0 Å². The van der Waals surface area contributed by atoms with Gasteiger partial charge in [-0.1, -0.05) is 11.6 Å². The van der Waals surface area contributed by atoms with Crippen molar-refractivity contribution in [2.45, 2.75) is 58.6 Å². The van der Waals surface area contributed by atoms with Gasteiger partial charge in [0.15, 0.2) is 5.82 Å². The van der Waals surface area contributed by atoms with Crippen LogP contribution in [0.25, 0.3) is 5.57 Å². The van der Waals surface area contributed by atoms with E-state index in [9.17, 15) is 14.0 Å². The van der Waals surface area contributed by atoms with Gasteiger partial charge in [0.25, 0.3) is 5.91 Å². The molecular weight excluding hydrogens is 473 g/mol. The average Bonchev–Trinajstić information content (AvgIpc) is 3.19. The van der Waals surface area contributed by atoms with Gasteiger partial charge in [-0.05, 0) is 51.7 Å². The minimum Gasteiger partial charge on any atom is -0.489 e. The van der Waals surface area contributed by atoms with Crippen molar-refractivity contribution < 1.29 is 18.7 Å². The molecule has 3 N–H and O–H groups in total. The lowest BCUT2D eigenvalue weighted by Gasteiger charge is -2.30. The third kappa shape index (κ3) is 5.56. The smallest absolute Gasteiger partial charge is 0.258 e. The molecule has 186 valence electrons. The van der Waals surface area contributed by atoms with Crippen LogP contribution in [0.1, 0.15) is 60.2 Å². The Morgan fingerprint density at radius 2 is 1.80 bits per heavy atom. The van der Waals surface area contributed by atoms with Crippen molar-refractivity contribution in [2.75, 3.05) is 13.1 Å². The van der Waals surface area contributed by atoms with Gasteiger partial charge < -0.3 is 20.7 Å². The zero-order chi connectivity index (χ0) is 25.3. The molecule has 1 aromatic carbocycles. The van der Waals surface area contributed by atoms with Crippen molar-refractivity contribution in [1.82, 2.24) is 20.2 Å². The minimum atomic E-state index is -0.483. The molecule has 10 heteroatoms. The maximum atomic E-state index is 14.1. The van der Waals surface area contributed by atoms with Crippen LogP contribution in [-0.4, -0.2) is 51.9 Å². The van der Waals surface area contributed by atoms with Gasteiger partial charge in [-0.25, -0.2) is 14.4 Å². The summed E-state index contributed by atoms with van der Waals surface area (Å²) in [4.78, 5) is 35.2. The first-order valence-electron chi connectivity index (χ1n) is 11.6. The maximum Gasteiger partial charge on any atom is 0.258 e. The highest BCUT2D eigenvalue weighted by Crippen LogP contribution is 2.31. The SMILES string of the molecule is CC(=O)NC1CCC(Oc2cc(F)ccc2C(=O)N2CC(N)=C(c3nc(C)c(Cl)c(C)n3)C2)CC1. The number of nitrogens with two attached hydrogens (primary N) is 1. The van der Waals surface area contributed by atoms with Gasteiger partial charge in [0.05, 0.1) is 41.2 Å². The summed E-state index contributed by atoms with van der Waals surface area (Å²) in [5.74, 6) is -0.196. The minimum absolute atomic E-state index is 0.0560. The molecule has 0 radical (unpaired) electrons. The van der Waals surface area contributed by atoms with E-state index in [-0.39, 0.29) is 48.4 Å². The van der Waals surface area contributed by atoms with Crippen LogP contribution in [0.2, 0.25) is 5.02 Å². The molecule has 0 spiro atoms. The second-order valence-corrected chi connectivity index (χ2v) is 9.51. The van der Waals surface area contributed by atoms with E-state index >= 15 is 0 Å². The molecule has 2 heterocycles. The van der Waals surface area contributed by atoms with E-state index in [4.69, 9.17) is 22.1 Å². The van der Waals surface area contributed by atoms with Gasteiger partial charge in [0, 0.05) is 30.3 Å². The molecule has 1 aliphatic heterocycles. The summed E-state index contributed by atoms with van der Waals surface area (Å²) in [6.07, 6.45) is 2.75. The highest BCUT2D eigenvalue weighted by molar-refractivity contribution is 6.31. The molecule has 4 rings (SSSR count). The van der Waals surface area contributed by atoms with Gasteiger partial charge in [0.2, 0.25) is 5.91 Å². The number of aromatic nitrogens is 2. The van der Waals surface area contributed by atoms with E-state index in [0.29, 0.717) is 46.3 Å². The monoisotopic (exact) mass is 501 g/mol. The number of hydrogen-bond acceptors (Lipinski definition) is 6. The van der Waals surface area contributed by atoms with Crippen molar-refractivity contribution >= 4 is 29.0 Å². The van der Waals surface area contributed by atoms with Crippen molar-refractivity contribution in [3.8, 4) is 5.75 Å². The van der Waals surface area contributed by atoms with Crippen molar-refractivity contribution in [3.63, 3.8) is 0 Å². The second kappa shape index (κ2) is 10.2. The highest BCUT2D eigenvalue weighted by atomic mass is 35.5.